The Morgan fingerprint density at radius 3 is 1.76 bits per heavy atom. The van der Waals surface area contributed by atoms with E-state index in [9.17, 15) is 8.78 Å². The van der Waals surface area contributed by atoms with Crippen molar-refractivity contribution in [3.63, 3.8) is 0 Å². The Morgan fingerprint density at radius 2 is 1.38 bits per heavy atom. The molecule has 0 saturated heterocycles. The highest BCUT2D eigenvalue weighted by Crippen LogP contribution is 2.29. The Balaban J connectivity index is 5.17. The predicted octanol–water partition coefficient (Wildman–Crippen LogP) is 6.99. The lowest BCUT2D eigenvalue weighted by Crippen LogP contribution is -1.94. The van der Waals surface area contributed by atoms with Crippen LogP contribution in [-0.2, 0) is 0 Å². The first-order valence-corrected chi connectivity index (χ1v) is 7.50. The maximum Gasteiger partial charge on any atom is 0.166 e. The molecule has 0 aliphatic heterocycles. The van der Waals surface area contributed by atoms with Gasteiger partial charge in [-0.25, -0.2) is 8.78 Å². The number of hydrogen-bond acceptors (Lipinski definition) is 0. The fraction of sp³-hybridized carbons (Fsp3) is 0.474. The zero-order valence-electron chi connectivity index (χ0n) is 14.0. The monoisotopic (exact) mass is 294 g/mol. The molecule has 118 valence electrons. The van der Waals surface area contributed by atoms with Crippen LogP contribution in [-0.4, -0.2) is 0 Å². The molecule has 0 radical (unpaired) electrons. The van der Waals surface area contributed by atoms with Gasteiger partial charge in [0.05, 0.1) is 0 Å². The first-order valence-electron chi connectivity index (χ1n) is 7.50. The standard InChI is InChI=1S/C19H28F2/c1-8-9-10-14(4)16(6)18(20)19(21)17(7)15(5)12-11-13(2)3/h10,12-13H,6-9,11H2,1-5H3/b14-10+,15-12+,19-18-. The van der Waals surface area contributed by atoms with Crippen LogP contribution in [0.5, 0.6) is 0 Å². The highest BCUT2D eigenvalue weighted by Gasteiger charge is 2.15. The molecule has 0 nitrogen and oxygen atoms in total. The van der Waals surface area contributed by atoms with Crippen LogP contribution >= 0.6 is 0 Å². The SMILES string of the molecule is C=C(/C(F)=C(/F)C(=C)/C(C)=C/CC(C)C)/C(C)=C/CCC. The summed E-state index contributed by atoms with van der Waals surface area (Å²) in [5, 5.41) is 0. The number of allylic oxidation sites excluding steroid dienone is 8. The van der Waals surface area contributed by atoms with Crippen molar-refractivity contribution in [2.24, 2.45) is 5.92 Å². The quantitative estimate of drug-likeness (QED) is 0.423. The maximum absolute atomic E-state index is 14.2. The van der Waals surface area contributed by atoms with E-state index < -0.39 is 11.7 Å². The topological polar surface area (TPSA) is 0 Å². The van der Waals surface area contributed by atoms with Gasteiger partial charge in [0.2, 0.25) is 0 Å². The molecule has 0 aromatic carbocycles. The fourth-order valence-corrected chi connectivity index (χ4v) is 1.63. The van der Waals surface area contributed by atoms with E-state index in [1.807, 2.05) is 19.1 Å². The lowest BCUT2D eigenvalue weighted by Gasteiger charge is -2.09. The van der Waals surface area contributed by atoms with Crippen molar-refractivity contribution < 1.29 is 8.78 Å². The highest BCUT2D eigenvalue weighted by molar-refractivity contribution is 5.49. The van der Waals surface area contributed by atoms with Gasteiger partial charge in [0.15, 0.2) is 11.7 Å². The van der Waals surface area contributed by atoms with Crippen molar-refractivity contribution in [2.75, 3.05) is 0 Å². The molecule has 0 fully saturated rings. The number of rotatable bonds is 8. The van der Waals surface area contributed by atoms with Crippen LogP contribution in [0, 0.1) is 5.92 Å². The van der Waals surface area contributed by atoms with E-state index >= 15 is 0 Å². The van der Waals surface area contributed by atoms with Gasteiger partial charge < -0.3 is 0 Å². The first kappa shape index (κ1) is 19.6. The normalized spacial score (nSPS) is 14.3. The molecule has 0 aromatic heterocycles. The van der Waals surface area contributed by atoms with Crippen LogP contribution in [0.25, 0.3) is 0 Å². The minimum Gasteiger partial charge on any atom is -0.203 e. The molecule has 21 heavy (non-hydrogen) atoms. The summed E-state index contributed by atoms with van der Waals surface area (Å²) in [5.41, 5.74) is 1.52. The number of hydrogen-bond donors (Lipinski definition) is 0. The summed E-state index contributed by atoms with van der Waals surface area (Å²) in [7, 11) is 0. The van der Waals surface area contributed by atoms with Crippen molar-refractivity contribution in [2.45, 2.75) is 53.9 Å². The third kappa shape index (κ3) is 6.70. The van der Waals surface area contributed by atoms with Gasteiger partial charge in [0.1, 0.15) is 0 Å². The van der Waals surface area contributed by atoms with Crippen molar-refractivity contribution >= 4 is 0 Å². The molecular weight excluding hydrogens is 266 g/mol. The second-order valence-corrected chi connectivity index (χ2v) is 5.78. The van der Waals surface area contributed by atoms with Gasteiger partial charge in [-0.1, -0.05) is 52.5 Å². The Labute approximate surface area is 128 Å². The molecule has 0 spiro atoms. The minimum atomic E-state index is -0.915. The first-order chi connectivity index (χ1) is 9.72. The zero-order valence-corrected chi connectivity index (χ0v) is 14.0. The summed E-state index contributed by atoms with van der Waals surface area (Å²) in [6.45, 7) is 17.0. The molecule has 0 aromatic rings. The molecule has 0 saturated carbocycles. The smallest absolute Gasteiger partial charge is 0.166 e. The van der Waals surface area contributed by atoms with Gasteiger partial charge in [-0.2, -0.15) is 0 Å². The van der Waals surface area contributed by atoms with Crippen molar-refractivity contribution in [1.29, 1.82) is 0 Å². The van der Waals surface area contributed by atoms with E-state index in [0.717, 1.165) is 19.3 Å². The van der Waals surface area contributed by atoms with Crippen LogP contribution < -0.4 is 0 Å². The van der Waals surface area contributed by atoms with Crippen LogP contribution in [0.2, 0.25) is 0 Å². The molecule has 0 atom stereocenters. The molecule has 0 heterocycles. The lowest BCUT2D eigenvalue weighted by molar-refractivity contribution is 0.558. The van der Waals surface area contributed by atoms with E-state index in [4.69, 9.17) is 0 Å². The number of unbranched alkanes of at least 4 members (excludes halogenated alkanes) is 1. The lowest BCUT2D eigenvalue weighted by atomic mass is 10.00. The van der Waals surface area contributed by atoms with Gasteiger partial charge in [0, 0.05) is 11.1 Å². The van der Waals surface area contributed by atoms with Gasteiger partial charge >= 0.3 is 0 Å². The van der Waals surface area contributed by atoms with Crippen molar-refractivity contribution in [3.05, 3.63) is 59.3 Å². The van der Waals surface area contributed by atoms with Crippen LogP contribution in [0.4, 0.5) is 8.78 Å². The summed E-state index contributed by atoms with van der Waals surface area (Å²) >= 11 is 0. The average Bonchev–Trinajstić information content (AvgIpc) is 2.46. The molecule has 0 amide bonds. The highest BCUT2D eigenvalue weighted by atomic mass is 19.2. The van der Waals surface area contributed by atoms with E-state index in [2.05, 4.69) is 27.0 Å². The van der Waals surface area contributed by atoms with Gasteiger partial charge in [-0.3, -0.25) is 0 Å². The maximum atomic E-state index is 14.2. The van der Waals surface area contributed by atoms with E-state index in [0.29, 0.717) is 17.1 Å². The molecule has 0 unspecified atom stereocenters. The molecular formula is C19H28F2. The zero-order chi connectivity index (χ0) is 16.6. The van der Waals surface area contributed by atoms with E-state index in [1.165, 1.54) is 0 Å². The van der Waals surface area contributed by atoms with Gasteiger partial charge in [-0.15, -0.1) is 0 Å². The molecule has 0 aliphatic rings. The Kier molecular flexibility index (Phi) is 8.84. The Bertz CT molecular complexity index is 474. The van der Waals surface area contributed by atoms with E-state index in [-0.39, 0.29) is 11.1 Å². The minimum absolute atomic E-state index is 0.0950. The third-order valence-electron chi connectivity index (χ3n) is 3.31. The third-order valence-corrected chi connectivity index (χ3v) is 3.31. The summed E-state index contributed by atoms with van der Waals surface area (Å²) in [6, 6.07) is 0. The second kappa shape index (κ2) is 9.49. The predicted molar refractivity (Wildman–Crippen MR) is 89.4 cm³/mol. The Hall–Kier alpha value is -1.44. The largest absolute Gasteiger partial charge is 0.203 e. The molecule has 2 heteroatoms. The van der Waals surface area contributed by atoms with Crippen LogP contribution in [0.1, 0.15) is 53.9 Å². The molecule has 0 rings (SSSR count). The van der Waals surface area contributed by atoms with Gasteiger partial charge in [0.25, 0.3) is 0 Å². The van der Waals surface area contributed by atoms with Gasteiger partial charge in [-0.05, 0) is 43.8 Å². The average molecular weight is 294 g/mol. The molecule has 0 N–H and O–H groups in total. The molecule has 0 aliphatic carbocycles. The van der Waals surface area contributed by atoms with Crippen molar-refractivity contribution in [1.82, 2.24) is 0 Å². The van der Waals surface area contributed by atoms with E-state index in [1.54, 1.807) is 13.8 Å². The van der Waals surface area contributed by atoms with Crippen molar-refractivity contribution in [3.8, 4) is 0 Å². The fourth-order valence-electron chi connectivity index (χ4n) is 1.63. The van der Waals surface area contributed by atoms with Crippen LogP contribution in [0.3, 0.4) is 0 Å². The summed E-state index contributed by atoms with van der Waals surface area (Å²) < 4.78 is 28.3. The van der Waals surface area contributed by atoms with Crippen LogP contribution in [0.15, 0.2) is 59.3 Å². The number of halogens is 2. The summed E-state index contributed by atoms with van der Waals surface area (Å²) in [6.07, 6.45) is 6.37. The Morgan fingerprint density at radius 1 is 0.952 bits per heavy atom. The molecule has 0 bridgehead atoms. The summed E-state index contributed by atoms with van der Waals surface area (Å²) in [5.74, 6) is -1.36. The second-order valence-electron chi connectivity index (χ2n) is 5.78. The summed E-state index contributed by atoms with van der Waals surface area (Å²) in [4.78, 5) is 0.